The summed E-state index contributed by atoms with van der Waals surface area (Å²) in [5.74, 6) is -2.62. The van der Waals surface area contributed by atoms with Crippen molar-refractivity contribution >= 4 is 11.9 Å². The molecule has 3 N–H and O–H groups in total. The molecule has 5 nitrogen and oxygen atoms in total. The maximum atomic E-state index is 9.43. The van der Waals surface area contributed by atoms with Gasteiger partial charge in [0.05, 0.1) is 0 Å². The molecule has 15 heavy (non-hydrogen) atoms. The maximum absolute atomic E-state index is 9.43. The second kappa shape index (κ2) is 10.4. The first-order valence-electron chi connectivity index (χ1n) is 4.51. The van der Waals surface area contributed by atoms with E-state index < -0.39 is 18.4 Å². The molecule has 0 saturated carbocycles. The minimum atomic E-state index is -1.31. The Balaban J connectivity index is 0. The molecule has 82 valence electrons. The van der Waals surface area contributed by atoms with Crippen LogP contribution in [0.4, 0.5) is 0 Å². The third-order valence-corrected chi connectivity index (χ3v) is 1.66. The van der Waals surface area contributed by atoms with E-state index in [1.807, 2.05) is 0 Å². The van der Waals surface area contributed by atoms with Crippen LogP contribution in [0.2, 0.25) is 0 Å². The fourth-order valence-corrected chi connectivity index (χ4v) is 1.01. The first kappa shape index (κ1) is 17.3. The number of carboxylic acid groups (broad SMARTS) is 2. The zero-order valence-electron chi connectivity index (χ0n) is 9.19. The van der Waals surface area contributed by atoms with E-state index in [9.17, 15) is 9.59 Å². The van der Waals surface area contributed by atoms with Gasteiger partial charge in [0.2, 0.25) is 0 Å². The molecule has 1 saturated heterocycles. The van der Waals surface area contributed by atoms with Gasteiger partial charge < -0.3 is 22.0 Å². The van der Waals surface area contributed by atoms with Crippen molar-refractivity contribution in [1.82, 2.24) is 5.32 Å². The third-order valence-electron chi connectivity index (χ3n) is 1.66. The van der Waals surface area contributed by atoms with Crippen molar-refractivity contribution < 1.29 is 49.4 Å². The normalized spacial score (nSPS) is 19.1. The predicted octanol–water partition coefficient (Wildman–Crippen LogP) is -2.49. The number of carboxylic acids is 2. The van der Waals surface area contributed by atoms with Crippen LogP contribution in [0.25, 0.3) is 0 Å². The van der Waals surface area contributed by atoms with Gasteiger partial charge in [-0.2, -0.15) is 12.8 Å². The maximum Gasteiger partial charge on any atom is 1.00 e. The summed E-state index contributed by atoms with van der Waals surface area (Å²) in [5, 5.41) is 18.8. The SMILES string of the molecule is CC1C[CH-]CCN1.O=C(O)CC(=O)O.[Na+]. The Labute approximate surface area is 112 Å². The minimum absolute atomic E-state index is 0. The molecule has 0 amide bonds. The summed E-state index contributed by atoms with van der Waals surface area (Å²) in [6.45, 7) is 3.40. The molecule has 0 aromatic heterocycles. The Hall–Kier alpha value is -0.100. The number of hydrogen-bond donors (Lipinski definition) is 3. The quantitative estimate of drug-likeness (QED) is 0.275. The van der Waals surface area contributed by atoms with Crippen LogP contribution in [-0.4, -0.2) is 34.7 Å². The van der Waals surface area contributed by atoms with Gasteiger partial charge in [0.25, 0.3) is 0 Å². The topological polar surface area (TPSA) is 86.6 Å². The van der Waals surface area contributed by atoms with Crippen molar-refractivity contribution in [2.24, 2.45) is 0 Å². The molecule has 0 bridgehead atoms. The first-order valence-corrected chi connectivity index (χ1v) is 4.51. The van der Waals surface area contributed by atoms with Gasteiger partial charge in [0, 0.05) is 0 Å². The van der Waals surface area contributed by atoms with Crippen molar-refractivity contribution in [3.63, 3.8) is 0 Å². The Bertz CT molecular complexity index is 181. The molecule has 1 unspecified atom stereocenters. The monoisotopic (exact) mass is 225 g/mol. The van der Waals surface area contributed by atoms with E-state index in [4.69, 9.17) is 10.2 Å². The smallest absolute Gasteiger partial charge is 0.481 e. The Morgan fingerprint density at radius 1 is 1.40 bits per heavy atom. The average molecular weight is 225 g/mol. The van der Waals surface area contributed by atoms with Crippen LogP contribution in [0.3, 0.4) is 0 Å². The first-order chi connectivity index (χ1) is 6.52. The van der Waals surface area contributed by atoms with E-state index in [1.54, 1.807) is 0 Å². The molecule has 1 atom stereocenters. The summed E-state index contributed by atoms with van der Waals surface area (Å²) in [6, 6.07) is 0.730. The van der Waals surface area contributed by atoms with Crippen LogP contribution in [-0.2, 0) is 9.59 Å². The van der Waals surface area contributed by atoms with Gasteiger partial charge in [-0.3, -0.25) is 9.59 Å². The van der Waals surface area contributed by atoms with Crippen molar-refractivity contribution in [3.8, 4) is 0 Å². The molecule has 6 heteroatoms. The van der Waals surface area contributed by atoms with Crippen molar-refractivity contribution in [1.29, 1.82) is 0 Å². The van der Waals surface area contributed by atoms with Crippen LogP contribution < -0.4 is 34.9 Å². The predicted molar refractivity (Wildman–Crippen MR) is 50.9 cm³/mol. The summed E-state index contributed by atoms with van der Waals surface area (Å²) in [4.78, 5) is 18.9. The van der Waals surface area contributed by atoms with E-state index in [1.165, 1.54) is 19.4 Å². The molecule has 1 heterocycles. The van der Waals surface area contributed by atoms with Crippen LogP contribution in [0, 0.1) is 6.42 Å². The van der Waals surface area contributed by atoms with Crippen molar-refractivity contribution in [3.05, 3.63) is 6.42 Å². The van der Waals surface area contributed by atoms with Gasteiger partial charge in [-0.05, 0) is 12.6 Å². The van der Waals surface area contributed by atoms with E-state index in [-0.39, 0.29) is 29.6 Å². The fourth-order valence-electron chi connectivity index (χ4n) is 1.01. The number of rotatable bonds is 2. The van der Waals surface area contributed by atoms with E-state index >= 15 is 0 Å². The van der Waals surface area contributed by atoms with Gasteiger partial charge in [-0.25, -0.2) is 0 Å². The molecule has 1 aliphatic rings. The Morgan fingerprint density at radius 3 is 2.07 bits per heavy atom. The molecular formula is C9H16NNaO4. The van der Waals surface area contributed by atoms with Crippen LogP contribution in [0.5, 0.6) is 0 Å². The van der Waals surface area contributed by atoms with E-state index in [0.717, 1.165) is 6.04 Å². The van der Waals surface area contributed by atoms with E-state index in [0.29, 0.717) is 0 Å². The summed E-state index contributed by atoms with van der Waals surface area (Å²) in [5.41, 5.74) is 0. The molecule has 0 aliphatic carbocycles. The summed E-state index contributed by atoms with van der Waals surface area (Å²) < 4.78 is 0. The number of hydrogen-bond acceptors (Lipinski definition) is 3. The third kappa shape index (κ3) is 13.9. The van der Waals surface area contributed by atoms with Gasteiger partial charge in [0.15, 0.2) is 0 Å². The van der Waals surface area contributed by atoms with Gasteiger partial charge in [-0.15, -0.1) is 0 Å². The Morgan fingerprint density at radius 2 is 1.93 bits per heavy atom. The summed E-state index contributed by atoms with van der Waals surface area (Å²) in [7, 11) is 0. The molecule has 1 aliphatic heterocycles. The molecule has 0 aromatic rings. The minimum Gasteiger partial charge on any atom is -0.481 e. The molecule has 0 spiro atoms. The Kier molecular flexibility index (Phi) is 12.0. The van der Waals surface area contributed by atoms with Crippen molar-refractivity contribution in [2.45, 2.75) is 32.2 Å². The van der Waals surface area contributed by atoms with Gasteiger partial charge in [0.1, 0.15) is 6.42 Å². The fraction of sp³-hybridized carbons (Fsp3) is 0.667. The van der Waals surface area contributed by atoms with Gasteiger partial charge >= 0.3 is 41.5 Å². The summed E-state index contributed by atoms with van der Waals surface area (Å²) >= 11 is 0. The zero-order chi connectivity index (χ0) is 11.0. The van der Waals surface area contributed by atoms with Crippen LogP contribution in [0.15, 0.2) is 0 Å². The number of nitrogens with one attached hydrogen (secondary N) is 1. The van der Waals surface area contributed by atoms with Crippen LogP contribution in [0.1, 0.15) is 26.2 Å². The van der Waals surface area contributed by atoms with Gasteiger partial charge in [-0.1, -0.05) is 6.92 Å². The summed E-state index contributed by atoms with van der Waals surface area (Å²) in [6.07, 6.45) is 4.05. The largest absolute Gasteiger partial charge is 1.00 e. The van der Waals surface area contributed by atoms with Crippen LogP contribution >= 0.6 is 0 Å². The average Bonchev–Trinajstić information content (AvgIpc) is 2.03. The standard InChI is InChI=1S/C6H12N.C3H4O4.Na/c1-6-4-2-3-5-7-6;4-2(5)1-3(6)7;/h2,6-7H,3-5H2,1H3;1H2,(H,4,5)(H,6,7);/q-1;;+1. The molecule has 0 aromatic carbocycles. The second-order valence-electron chi connectivity index (χ2n) is 3.13. The number of aliphatic carboxylic acids is 2. The number of piperidine rings is 1. The molecule has 1 rings (SSSR count). The molecule has 1 fully saturated rings. The van der Waals surface area contributed by atoms with E-state index in [2.05, 4.69) is 18.7 Å². The molecular weight excluding hydrogens is 209 g/mol. The van der Waals surface area contributed by atoms with Crippen molar-refractivity contribution in [2.75, 3.05) is 6.54 Å². The molecule has 0 radical (unpaired) electrons. The second-order valence-corrected chi connectivity index (χ2v) is 3.13. The zero-order valence-corrected chi connectivity index (χ0v) is 11.2. The number of carbonyl (C=O) groups is 2.